The van der Waals surface area contributed by atoms with Crippen LogP contribution in [0.25, 0.3) is 0 Å². The molecule has 1 aromatic rings. The molecule has 112 valence electrons. The molecule has 1 N–H and O–H groups in total. The summed E-state index contributed by atoms with van der Waals surface area (Å²) >= 11 is 0. The fourth-order valence-corrected chi connectivity index (χ4v) is 3.03. The van der Waals surface area contributed by atoms with Crippen LogP contribution in [0.3, 0.4) is 0 Å². The van der Waals surface area contributed by atoms with Crippen LogP contribution in [0.4, 0.5) is 4.39 Å². The van der Waals surface area contributed by atoms with Gasteiger partial charge in [0.15, 0.2) is 0 Å². The second-order valence-corrected chi connectivity index (χ2v) is 5.68. The van der Waals surface area contributed by atoms with Gasteiger partial charge in [0.1, 0.15) is 5.82 Å². The van der Waals surface area contributed by atoms with Crippen LogP contribution in [0.2, 0.25) is 0 Å². The van der Waals surface area contributed by atoms with Crippen molar-refractivity contribution in [2.75, 3.05) is 13.2 Å². The van der Waals surface area contributed by atoms with E-state index >= 15 is 0 Å². The Morgan fingerprint density at radius 2 is 2.25 bits per heavy atom. The zero-order valence-electron chi connectivity index (χ0n) is 12.6. The van der Waals surface area contributed by atoms with Gasteiger partial charge in [0.2, 0.25) is 0 Å². The molecule has 0 aliphatic carbocycles. The minimum atomic E-state index is -0.155. The van der Waals surface area contributed by atoms with Gasteiger partial charge < -0.3 is 10.1 Å². The fourth-order valence-electron chi connectivity index (χ4n) is 3.03. The van der Waals surface area contributed by atoms with Crippen molar-refractivity contribution < 1.29 is 9.13 Å². The summed E-state index contributed by atoms with van der Waals surface area (Å²) in [4.78, 5) is 0. The highest BCUT2D eigenvalue weighted by atomic mass is 19.1. The summed E-state index contributed by atoms with van der Waals surface area (Å²) in [5, 5.41) is 3.52. The Morgan fingerprint density at radius 1 is 1.40 bits per heavy atom. The van der Waals surface area contributed by atoms with E-state index < -0.39 is 0 Å². The zero-order valence-corrected chi connectivity index (χ0v) is 12.6. The molecule has 0 saturated carbocycles. The van der Waals surface area contributed by atoms with E-state index in [1.807, 2.05) is 13.0 Å². The average molecular weight is 279 g/mol. The van der Waals surface area contributed by atoms with Crippen LogP contribution in [0, 0.1) is 12.7 Å². The van der Waals surface area contributed by atoms with Crippen LogP contribution in [0.5, 0.6) is 0 Å². The van der Waals surface area contributed by atoms with Gasteiger partial charge in [-0.05, 0) is 68.8 Å². The molecule has 1 heterocycles. The molecule has 0 bridgehead atoms. The predicted octanol–water partition coefficient (Wildman–Crippen LogP) is 4.13. The minimum absolute atomic E-state index is 0.155. The number of benzene rings is 1. The summed E-state index contributed by atoms with van der Waals surface area (Å²) in [5.41, 5.74) is 2.24. The molecule has 2 unspecified atom stereocenters. The number of rotatable bonds is 6. The standard InChI is InChI=1S/C17H26FNO/c1-3-19-17(10-8-15-6-4-5-11-20-15)16-9-7-14(18)12-13(16)2/h7,9,12,15,17,19H,3-6,8,10-11H2,1-2H3. The lowest BCUT2D eigenvalue weighted by Gasteiger charge is -2.26. The molecule has 3 heteroatoms. The summed E-state index contributed by atoms with van der Waals surface area (Å²) in [6.07, 6.45) is 6.20. The van der Waals surface area contributed by atoms with Crippen molar-refractivity contribution in [2.24, 2.45) is 0 Å². The van der Waals surface area contributed by atoms with E-state index in [1.54, 1.807) is 12.1 Å². The highest BCUT2D eigenvalue weighted by Crippen LogP contribution is 2.26. The van der Waals surface area contributed by atoms with E-state index in [9.17, 15) is 4.39 Å². The van der Waals surface area contributed by atoms with Crippen molar-refractivity contribution in [3.8, 4) is 0 Å². The van der Waals surface area contributed by atoms with Gasteiger partial charge >= 0.3 is 0 Å². The molecule has 0 amide bonds. The largest absolute Gasteiger partial charge is 0.378 e. The molecule has 1 saturated heterocycles. The van der Waals surface area contributed by atoms with Gasteiger partial charge in [0.25, 0.3) is 0 Å². The number of hydrogen-bond acceptors (Lipinski definition) is 2. The average Bonchev–Trinajstić information content (AvgIpc) is 2.45. The van der Waals surface area contributed by atoms with Gasteiger partial charge in [-0.15, -0.1) is 0 Å². The lowest BCUT2D eigenvalue weighted by Crippen LogP contribution is -2.25. The van der Waals surface area contributed by atoms with Crippen LogP contribution in [-0.2, 0) is 4.74 Å². The Kier molecular flexibility index (Phi) is 5.99. The number of nitrogens with one attached hydrogen (secondary N) is 1. The molecule has 2 nitrogen and oxygen atoms in total. The molecule has 1 aliphatic rings. The van der Waals surface area contributed by atoms with Gasteiger partial charge in [0.05, 0.1) is 6.10 Å². The molecular weight excluding hydrogens is 253 g/mol. The maximum absolute atomic E-state index is 13.2. The van der Waals surface area contributed by atoms with E-state index in [1.165, 1.54) is 24.8 Å². The minimum Gasteiger partial charge on any atom is -0.378 e. The highest BCUT2D eigenvalue weighted by molar-refractivity contribution is 5.29. The van der Waals surface area contributed by atoms with Crippen LogP contribution >= 0.6 is 0 Å². The van der Waals surface area contributed by atoms with Gasteiger partial charge in [-0.3, -0.25) is 0 Å². The van der Waals surface area contributed by atoms with Crippen LogP contribution in [-0.4, -0.2) is 19.3 Å². The third kappa shape index (κ3) is 4.29. The second kappa shape index (κ2) is 7.75. The van der Waals surface area contributed by atoms with Gasteiger partial charge in [-0.25, -0.2) is 4.39 Å². The molecule has 1 aromatic carbocycles. The van der Waals surface area contributed by atoms with Gasteiger partial charge in [-0.1, -0.05) is 13.0 Å². The summed E-state index contributed by atoms with van der Waals surface area (Å²) in [6.45, 7) is 5.93. The monoisotopic (exact) mass is 279 g/mol. The Bertz CT molecular complexity index is 415. The van der Waals surface area contributed by atoms with Crippen molar-refractivity contribution >= 4 is 0 Å². The quantitative estimate of drug-likeness (QED) is 0.845. The number of halogens is 1. The smallest absolute Gasteiger partial charge is 0.123 e. The van der Waals surface area contributed by atoms with Crippen molar-refractivity contribution in [2.45, 2.75) is 58.1 Å². The summed E-state index contributed by atoms with van der Waals surface area (Å²) < 4.78 is 19.0. The van der Waals surface area contributed by atoms with E-state index in [2.05, 4.69) is 12.2 Å². The molecular formula is C17H26FNO. The highest BCUT2D eigenvalue weighted by Gasteiger charge is 2.18. The normalized spacial score (nSPS) is 20.9. The topological polar surface area (TPSA) is 21.3 Å². The summed E-state index contributed by atoms with van der Waals surface area (Å²) in [7, 11) is 0. The van der Waals surface area contributed by atoms with E-state index in [0.29, 0.717) is 12.1 Å². The molecule has 0 radical (unpaired) electrons. The lowest BCUT2D eigenvalue weighted by molar-refractivity contribution is 0.00855. The Morgan fingerprint density at radius 3 is 2.90 bits per heavy atom. The predicted molar refractivity (Wildman–Crippen MR) is 80.4 cm³/mol. The summed E-state index contributed by atoms with van der Waals surface area (Å²) in [6, 6.07) is 5.39. The molecule has 20 heavy (non-hydrogen) atoms. The first kappa shape index (κ1) is 15.5. The SMILES string of the molecule is CCNC(CCC1CCCCO1)c1ccc(F)cc1C. The van der Waals surface area contributed by atoms with Crippen molar-refractivity contribution in [1.82, 2.24) is 5.32 Å². The number of aryl methyl sites for hydroxylation is 1. The van der Waals surface area contributed by atoms with Gasteiger partial charge in [-0.2, -0.15) is 0 Å². The zero-order chi connectivity index (χ0) is 14.4. The Labute approximate surface area is 121 Å². The van der Waals surface area contributed by atoms with Crippen molar-refractivity contribution in [3.05, 3.63) is 35.1 Å². The molecule has 1 fully saturated rings. The molecule has 1 aliphatic heterocycles. The maximum atomic E-state index is 13.2. The van der Waals surface area contributed by atoms with Crippen molar-refractivity contribution in [3.63, 3.8) is 0 Å². The third-order valence-corrected chi connectivity index (χ3v) is 4.11. The van der Waals surface area contributed by atoms with E-state index in [4.69, 9.17) is 4.74 Å². The third-order valence-electron chi connectivity index (χ3n) is 4.11. The number of ether oxygens (including phenoxy) is 1. The van der Waals surface area contributed by atoms with Crippen LogP contribution in [0.15, 0.2) is 18.2 Å². The summed E-state index contributed by atoms with van der Waals surface area (Å²) in [5.74, 6) is -0.155. The Hall–Kier alpha value is -0.930. The molecule has 2 atom stereocenters. The molecule has 2 rings (SSSR count). The van der Waals surface area contributed by atoms with Gasteiger partial charge in [0, 0.05) is 12.6 Å². The molecule has 0 aromatic heterocycles. The maximum Gasteiger partial charge on any atom is 0.123 e. The first-order valence-electron chi connectivity index (χ1n) is 7.81. The van der Waals surface area contributed by atoms with E-state index in [0.717, 1.165) is 31.6 Å². The first-order chi connectivity index (χ1) is 9.70. The van der Waals surface area contributed by atoms with E-state index in [-0.39, 0.29) is 5.82 Å². The lowest BCUT2D eigenvalue weighted by atomic mass is 9.94. The second-order valence-electron chi connectivity index (χ2n) is 5.68. The fraction of sp³-hybridized carbons (Fsp3) is 0.647. The number of hydrogen-bond donors (Lipinski definition) is 1. The first-order valence-corrected chi connectivity index (χ1v) is 7.81. The van der Waals surface area contributed by atoms with Crippen molar-refractivity contribution in [1.29, 1.82) is 0 Å². The van der Waals surface area contributed by atoms with Crippen LogP contribution in [0.1, 0.15) is 56.2 Å². The van der Waals surface area contributed by atoms with Crippen LogP contribution < -0.4 is 5.32 Å². The Balaban J connectivity index is 1.98. The molecule has 0 spiro atoms.